The second kappa shape index (κ2) is 3.67. The first-order valence-electron chi connectivity index (χ1n) is 4.29. The van der Waals surface area contributed by atoms with Crippen LogP contribution in [0.4, 0.5) is 0 Å². The number of nitrogens with one attached hydrogen (secondary N) is 1. The zero-order valence-corrected chi connectivity index (χ0v) is 8.24. The molecule has 0 radical (unpaired) electrons. The maximum absolute atomic E-state index is 11.2. The molecule has 1 aromatic carbocycles. The summed E-state index contributed by atoms with van der Waals surface area (Å²) in [7, 11) is 1.65. The average molecular weight is 194 g/mol. The van der Waals surface area contributed by atoms with Gasteiger partial charge in [-0.15, -0.1) is 0 Å². The van der Waals surface area contributed by atoms with Crippen molar-refractivity contribution in [3.8, 4) is 5.75 Å². The summed E-state index contributed by atoms with van der Waals surface area (Å²) in [5, 5.41) is 12.1. The summed E-state index contributed by atoms with van der Waals surface area (Å²) in [5.74, 6) is -0.365. The van der Waals surface area contributed by atoms with E-state index in [4.69, 9.17) is 5.73 Å². The number of phenolic OH excluding ortho intramolecular Hbond substituents is 1. The van der Waals surface area contributed by atoms with Gasteiger partial charge in [0.1, 0.15) is 11.3 Å². The van der Waals surface area contributed by atoms with Gasteiger partial charge in [0.25, 0.3) is 0 Å². The highest BCUT2D eigenvalue weighted by Crippen LogP contribution is 2.23. The van der Waals surface area contributed by atoms with E-state index in [0.29, 0.717) is 5.56 Å². The smallest absolute Gasteiger partial charge is 0.242 e. The summed E-state index contributed by atoms with van der Waals surface area (Å²) >= 11 is 0. The second-order valence-electron chi connectivity index (χ2n) is 3.29. The Kier molecular flexibility index (Phi) is 2.76. The fourth-order valence-electron chi connectivity index (χ4n) is 1.23. The van der Waals surface area contributed by atoms with Crippen LogP contribution in [0.25, 0.3) is 0 Å². The molecule has 1 unspecified atom stereocenters. The summed E-state index contributed by atoms with van der Waals surface area (Å²) in [6.45, 7) is 1.67. The number of carbonyl (C=O) groups excluding carboxylic acids is 1. The minimum Gasteiger partial charge on any atom is -0.508 e. The van der Waals surface area contributed by atoms with Gasteiger partial charge in [0.05, 0.1) is 0 Å². The minimum atomic E-state index is -0.946. The van der Waals surface area contributed by atoms with E-state index in [2.05, 4.69) is 5.32 Å². The van der Waals surface area contributed by atoms with Gasteiger partial charge in [0, 0.05) is 0 Å². The van der Waals surface area contributed by atoms with Crippen molar-refractivity contribution < 1.29 is 9.90 Å². The molecular formula is C10H14N2O2. The van der Waals surface area contributed by atoms with E-state index in [1.54, 1.807) is 32.2 Å². The molecule has 0 fully saturated rings. The number of hydrogen-bond acceptors (Lipinski definition) is 3. The standard InChI is InChI=1S/C10H14N2O2/c1-10(12-2,9(11)14)7-4-3-5-8(13)6-7/h3-6,12-13H,1-2H3,(H2,11,14). The van der Waals surface area contributed by atoms with Crippen molar-refractivity contribution >= 4 is 5.91 Å². The highest BCUT2D eigenvalue weighted by Gasteiger charge is 2.31. The molecule has 0 saturated heterocycles. The predicted octanol–water partition coefficient (Wildman–Crippen LogP) is 0.312. The highest BCUT2D eigenvalue weighted by molar-refractivity contribution is 5.85. The maximum Gasteiger partial charge on any atom is 0.242 e. The molecule has 1 rings (SSSR count). The molecule has 4 nitrogen and oxygen atoms in total. The Bertz CT molecular complexity index is 352. The van der Waals surface area contributed by atoms with Crippen LogP contribution in [0.1, 0.15) is 12.5 Å². The van der Waals surface area contributed by atoms with Crippen molar-refractivity contribution in [3.63, 3.8) is 0 Å². The van der Waals surface area contributed by atoms with Gasteiger partial charge in [0.15, 0.2) is 0 Å². The first-order valence-corrected chi connectivity index (χ1v) is 4.29. The largest absolute Gasteiger partial charge is 0.508 e. The number of phenols is 1. The van der Waals surface area contributed by atoms with Crippen LogP contribution in [0.5, 0.6) is 5.75 Å². The molecule has 14 heavy (non-hydrogen) atoms. The van der Waals surface area contributed by atoms with Gasteiger partial charge in [-0.2, -0.15) is 0 Å². The number of carbonyl (C=O) groups is 1. The normalized spacial score (nSPS) is 14.7. The van der Waals surface area contributed by atoms with Crippen molar-refractivity contribution in [1.82, 2.24) is 5.32 Å². The van der Waals surface area contributed by atoms with Crippen LogP contribution in [-0.4, -0.2) is 18.1 Å². The van der Waals surface area contributed by atoms with Crippen LogP contribution in [0.15, 0.2) is 24.3 Å². The Balaban J connectivity index is 3.19. The number of hydrogen-bond donors (Lipinski definition) is 3. The topological polar surface area (TPSA) is 75.3 Å². The van der Waals surface area contributed by atoms with Gasteiger partial charge in [0.2, 0.25) is 5.91 Å². The Labute approximate surface area is 82.7 Å². The molecule has 0 aliphatic heterocycles. The van der Waals surface area contributed by atoms with Gasteiger partial charge in [-0.25, -0.2) is 0 Å². The molecule has 76 valence electrons. The molecule has 0 spiro atoms. The number of primary amides is 1. The molecule has 1 aromatic rings. The third-order valence-corrected chi connectivity index (χ3v) is 2.42. The van der Waals surface area contributed by atoms with Gasteiger partial charge in [-0.05, 0) is 31.7 Å². The first-order chi connectivity index (χ1) is 6.50. The Morgan fingerprint density at radius 3 is 2.64 bits per heavy atom. The molecular weight excluding hydrogens is 180 g/mol. The number of likely N-dealkylation sites (N-methyl/N-ethyl adjacent to an activating group) is 1. The van der Waals surface area contributed by atoms with Crippen molar-refractivity contribution in [2.45, 2.75) is 12.5 Å². The van der Waals surface area contributed by atoms with E-state index in [9.17, 15) is 9.90 Å². The number of aromatic hydroxyl groups is 1. The second-order valence-corrected chi connectivity index (χ2v) is 3.29. The quantitative estimate of drug-likeness (QED) is 0.648. The van der Waals surface area contributed by atoms with E-state index >= 15 is 0 Å². The summed E-state index contributed by atoms with van der Waals surface area (Å²) in [4.78, 5) is 11.2. The van der Waals surface area contributed by atoms with Crippen molar-refractivity contribution in [1.29, 1.82) is 0 Å². The van der Waals surface area contributed by atoms with E-state index in [0.717, 1.165) is 0 Å². The SMILES string of the molecule is CNC(C)(C(N)=O)c1cccc(O)c1. The van der Waals surface area contributed by atoms with E-state index in [1.807, 2.05) is 0 Å². The van der Waals surface area contributed by atoms with Crippen LogP contribution < -0.4 is 11.1 Å². The lowest BCUT2D eigenvalue weighted by Gasteiger charge is -2.25. The first kappa shape index (κ1) is 10.5. The number of rotatable bonds is 3. The molecule has 0 heterocycles. The highest BCUT2D eigenvalue weighted by atomic mass is 16.3. The van der Waals surface area contributed by atoms with Crippen molar-refractivity contribution in [3.05, 3.63) is 29.8 Å². The number of nitrogens with two attached hydrogens (primary N) is 1. The third-order valence-electron chi connectivity index (χ3n) is 2.42. The Hall–Kier alpha value is -1.55. The van der Waals surface area contributed by atoms with E-state index in [-0.39, 0.29) is 5.75 Å². The van der Waals surface area contributed by atoms with E-state index < -0.39 is 11.4 Å². The molecule has 0 aliphatic carbocycles. The zero-order valence-electron chi connectivity index (χ0n) is 8.24. The van der Waals surface area contributed by atoms with Gasteiger partial charge in [-0.1, -0.05) is 12.1 Å². The molecule has 0 aromatic heterocycles. The van der Waals surface area contributed by atoms with Crippen LogP contribution in [0.2, 0.25) is 0 Å². The summed E-state index contributed by atoms with van der Waals surface area (Å²) in [6.07, 6.45) is 0. The average Bonchev–Trinajstić information content (AvgIpc) is 2.16. The lowest BCUT2D eigenvalue weighted by atomic mass is 9.91. The Morgan fingerprint density at radius 1 is 1.57 bits per heavy atom. The predicted molar refractivity (Wildman–Crippen MR) is 53.7 cm³/mol. The summed E-state index contributed by atoms with van der Waals surface area (Å²) in [5.41, 5.74) is 4.98. The molecule has 1 amide bonds. The van der Waals surface area contributed by atoms with Crippen LogP contribution in [0.3, 0.4) is 0 Å². The minimum absolute atomic E-state index is 0.116. The van der Waals surface area contributed by atoms with Gasteiger partial charge >= 0.3 is 0 Å². The fraction of sp³-hybridized carbons (Fsp3) is 0.300. The van der Waals surface area contributed by atoms with Crippen molar-refractivity contribution in [2.75, 3.05) is 7.05 Å². The molecule has 4 N–H and O–H groups in total. The summed E-state index contributed by atoms with van der Waals surface area (Å²) in [6, 6.07) is 6.46. The third kappa shape index (κ3) is 1.70. The Morgan fingerprint density at radius 2 is 2.21 bits per heavy atom. The van der Waals surface area contributed by atoms with Gasteiger partial charge in [-0.3, -0.25) is 4.79 Å². The maximum atomic E-state index is 11.2. The van der Waals surface area contributed by atoms with Crippen LogP contribution in [-0.2, 0) is 10.3 Å². The fourth-order valence-corrected chi connectivity index (χ4v) is 1.23. The zero-order chi connectivity index (χ0) is 10.8. The van der Waals surface area contributed by atoms with Crippen molar-refractivity contribution in [2.24, 2.45) is 5.73 Å². The monoisotopic (exact) mass is 194 g/mol. The molecule has 4 heteroatoms. The molecule has 0 aliphatic rings. The molecule has 0 bridgehead atoms. The van der Waals surface area contributed by atoms with E-state index in [1.165, 1.54) is 6.07 Å². The molecule has 1 atom stereocenters. The number of benzene rings is 1. The van der Waals surface area contributed by atoms with Gasteiger partial charge < -0.3 is 16.2 Å². The van der Waals surface area contributed by atoms with Crippen LogP contribution >= 0.6 is 0 Å². The molecule has 0 saturated carbocycles. The van der Waals surface area contributed by atoms with Crippen LogP contribution in [0, 0.1) is 0 Å². The summed E-state index contributed by atoms with van der Waals surface area (Å²) < 4.78 is 0. The lowest BCUT2D eigenvalue weighted by molar-refractivity contribution is -0.123. The lowest BCUT2D eigenvalue weighted by Crippen LogP contribution is -2.48. The number of amides is 1.